The first-order valence-electron chi connectivity index (χ1n) is 8.40. The summed E-state index contributed by atoms with van der Waals surface area (Å²) in [5.41, 5.74) is 3.71. The van der Waals surface area contributed by atoms with Crippen LogP contribution in [0.5, 0.6) is 0 Å². The highest BCUT2D eigenvalue weighted by Crippen LogP contribution is 2.50. The molecule has 1 unspecified atom stereocenters. The first kappa shape index (κ1) is 17.5. The number of aryl methyl sites for hydroxylation is 1. The van der Waals surface area contributed by atoms with E-state index < -0.39 is 18.0 Å². The fourth-order valence-corrected chi connectivity index (χ4v) is 4.19. The van der Waals surface area contributed by atoms with Gasteiger partial charge in [0.1, 0.15) is 5.69 Å². The Balaban J connectivity index is 2.01. The zero-order valence-corrected chi connectivity index (χ0v) is 14.9. The number of aromatic nitrogens is 1. The standard InChI is InChI=1S/C20H22F2N2O/c1-11-7-8-14(15-12(2)10-20(3,4)16(11)15)24-19(25)13-6-5-9-23-17(13)18(21)22/h5-9,12,18H,10H2,1-4H3,(H,24,25). The van der Waals surface area contributed by atoms with Crippen LogP contribution < -0.4 is 5.32 Å². The van der Waals surface area contributed by atoms with Crippen LogP contribution in [0.2, 0.25) is 0 Å². The normalized spacial score (nSPS) is 18.3. The lowest BCUT2D eigenvalue weighted by atomic mass is 9.83. The summed E-state index contributed by atoms with van der Waals surface area (Å²) in [6, 6.07) is 6.71. The van der Waals surface area contributed by atoms with Gasteiger partial charge in [0.2, 0.25) is 0 Å². The number of halogens is 2. The molecule has 0 fully saturated rings. The number of nitrogens with zero attached hydrogens (tertiary/aromatic N) is 1. The number of nitrogens with one attached hydrogen (secondary N) is 1. The van der Waals surface area contributed by atoms with Gasteiger partial charge in [-0.3, -0.25) is 9.78 Å². The monoisotopic (exact) mass is 344 g/mol. The van der Waals surface area contributed by atoms with Crippen molar-refractivity contribution >= 4 is 11.6 Å². The van der Waals surface area contributed by atoms with Crippen LogP contribution in [0, 0.1) is 6.92 Å². The molecule has 5 heteroatoms. The third kappa shape index (κ3) is 3.03. The molecule has 3 rings (SSSR count). The van der Waals surface area contributed by atoms with Gasteiger partial charge in [0.05, 0.1) is 5.56 Å². The molecule has 1 aromatic carbocycles. The predicted molar refractivity (Wildman–Crippen MR) is 94.4 cm³/mol. The number of hydrogen-bond acceptors (Lipinski definition) is 2. The van der Waals surface area contributed by atoms with E-state index >= 15 is 0 Å². The predicted octanol–water partition coefficient (Wildman–Crippen LogP) is 5.36. The Morgan fingerprint density at radius 1 is 1.32 bits per heavy atom. The molecule has 0 spiro atoms. The number of benzene rings is 1. The van der Waals surface area contributed by atoms with E-state index in [1.165, 1.54) is 29.5 Å². The van der Waals surface area contributed by atoms with Gasteiger partial charge < -0.3 is 5.32 Å². The third-order valence-corrected chi connectivity index (χ3v) is 4.98. The molecule has 1 aromatic heterocycles. The molecule has 1 aliphatic carbocycles. The molecular formula is C20H22F2N2O. The number of anilines is 1. The minimum Gasteiger partial charge on any atom is -0.322 e. The first-order valence-corrected chi connectivity index (χ1v) is 8.40. The summed E-state index contributed by atoms with van der Waals surface area (Å²) < 4.78 is 26.2. The van der Waals surface area contributed by atoms with Crippen molar-refractivity contribution in [2.45, 2.75) is 51.9 Å². The lowest BCUT2D eigenvalue weighted by Gasteiger charge is -2.22. The minimum atomic E-state index is -2.79. The van der Waals surface area contributed by atoms with Gasteiger partial charge in [0, 0.05) is 11.9 Å². The SMILES string of the molecule is Cc1ccc(NC(=O)c2cccnc2C(F)F)c2c1C(C)(C)CC2C. The number of amides is 1. The van der Waals surface area contributed by atoms with Gasteiger partial charge >= 0.3 is 0 Å². The molecule has 2 aromatic rings. The fraction of sp³-hybridized carbons (Fsp3) is 0.400. The maximum absolute atomic E-state index is 13.1. The fourth-order valence-electron chi connectivity index (χ4n) is 4.19. The van der Waals surface area contributed by atoms with E-state index in [-0.39, 0.29) is 11.0 Å². The second-order valence-corrected chi connectivity index (χ2v) is 7.40. The second-order valence-electron chi connectivity index (χ2n) is 7.40. The molecule has 1 aliphatic rings. The number of hydrogen-bond donors (Lipinski definition) is 1. The van der Waals surface area contributed by atoms with Crippen molar-refractivity contribution in [1.29, 1.82) is 0 Å². The van der Waals surface area contributed by atoms with Crippen molar-refractivity contribution in [3.8, 4) is 0 Å². The average molecular weight is 344 g/mol. The van der Waals surface area contributed by atoms with E-state index in [4.69, 9.17) is 0 Å². The van der Waals surface area contributed by atoms with Gasteiger partial charge in [-0.1, -0.05) is 26.8 Å². The number of fused-ring (bicyclic) bond motifs is 1. The van der Waals surface area contributed by atoms with Crippen LogP contribution >= 0.6 is 0 Å². The number of alkyl halides is 2. The molecule has 0 bridgehead atoms. The zero-order chi connectivity index (χ0) is 18.4. The minimum absolute atomic E-state index is 0.0298. The van der Waals surface area contributed by atoms with Crippen LogP contribution in [0.25, 0.3) is 0 Å². The average Bonchev–Trinajstić information content (AvgIpc) is 2.80. The van der Waals surface area contributed by atoms with Gasteiger partial charge in [-0.15, -0.1) is 0 Å². The van der Waals surface area contributed by atoms with Crippen LogP contribution in [0.1, 0.15) is 72.3 Å². The quantitative estimate of drug-likeness (QED) is 0.814. The second kappa shape index (κ2) is 6.21. The van der Waals surface area contributed by atoms with Crippen molar-refractivity contribution in [2.75, 3.05) is 5.32 Å². The molecule has 1 atom stereocenters. The van der Waals surface area contributed by atoms with E-state index in [9.17, 15) is 13.6 Å². The van der Waals surface area contributed by atoms with E-state index in [1.54, 1.807) is 0 Å². The van der Waals surface area contributed by atoms with Crippen molar-refractivity contribution in [1.82, 2.24) is 4.98 Å². The molecule has 0 saturated heterocycles. The highest BCUT2D eigenvalue weighted by molar-refractivity contribution is 6.05. The van der Waals surface area contributed by atoms with Crippen LogP contribution in [-0.2, 0) is 5.41 Å². The Hall–Kier alpha value is -2.30. The van der Waals surface area contributed by atoms with Gasteiger partial charge in [-0.05, 0) is 59.6 Å². The topological polar surface area (TPSA) is 42.0 Å². The Bertz CT molecular complexity index is 830. The van der Waals surface area contributed by atoms with E-state index in [1.807, 2.05) is 12.1 Å². The largest absolute Gasteiger partial charge is 0.322 e. The van der Waals surface area contributed by atoms with Gasteiger partial charge in [0.15, 0.2) is 0 Å². The summed E-state index contributed by atoms with van der Waals surface area (Å²) in [5, 5.41) is 2.84. The summed E-state index contributed by atoms with van der Waals surface area (Å²) in [4.78, 5) is 16.3. The van der Waals surface area contributed by atoms with Gasteiger partial charge in [-0.2, -0.15) is 0 Å². The summed E-state index contributed by atoms with van der Waals surface area (Å²) in [6.07, 6.45) is -0.527. The summed E-state index contributed by atoms with van der Waals surface area (Å²) in [6.45, 7) is 8.60. The molecule has 132 valence electrons. The Morgan fingerprint density at radius 2 is 2.04 bits per heavy atom. The number of pyridine rings is 1. The molecule has 1 heterocycles. The summed E-state index contributed by atoms with van der Waals surface area (Å²) >= 11 is 0. The molecular weight excluding hydrogens is 322 g/mol. The van der Waals surface area contributed by atoms with Crippen molar-refractivity contribution < 1.29 is 13.6 Å². The maximum Gasteiger partial charge on any atom is 0.281 e. The van der Waals surface area contributed by atoms with Crippen LogP contribution in [0.3, 0.4) is 0 Å². The third-order valence-electron chi connectivity index (χ3n) is 4.98. The Morgan fingerprint density at radius 3 is 2.72 bits per heavy atom. The van der Waals surface area contributed by atoms with Gasteiger partial charge in [0.25, 0.3) is 12.3 Å². The molecule has 25 heavy (non-hydrogen) atoms. The number of rotatable bonds is 3. The van der Waals surface area contributed by atoms with Crippen LogP contribution in [0.4, 0.5) is 14.5 Å². The Kier molecular flexibility index (Phi) is 4.35. The lowest BCUT2D eigenvalue weighted by molar-refractivity contribution is 0.100. The summed E-state index contributed by atoms with van der Waals surface area (Å²) in [5.74, 6) is -0.255. The van der Waals surface area contributed by atoms with Crippen LogP contribution in [-0.4, -0.2) is 10.9 Å². The number of carbonyl (C=O) groups is 1. The molecule has 0 saturated carbocycles. The summed E-state index contributed by atoms with van der Waals surface area (Å²) in [7, 11) is 0. The molecule has 3 nitrogen and oxygen atoms in total. The highest BCUT2D eigenvalue weighted by Gasteiger charge is 2.37. The highest BCUT2D eigenvalue weighted by atomic mass is 19.3. The zero-order valence-electron chi connectivity index (χ0n) is 14.9. The number of carbonyl (C=O) groups excluding carboxylic acids is 1. The molecule has 1 amide bonds. The van der Waals surface area contributed by atoms with Crippen molar-refractivity contribution in [2.24, 2.45) is 0 Å². The van der Waals surface area contributed by atoms with Gasteiger partial charge in [-0.25, -0.2) is 8.78 Å². The molecule has 0 aliphatic heterocycles. The molecule has 1 N–H and O–H groups in total. The van der Waals surface area contributed by atoms with E-state index in [0.717, 1.165) is 12.0 Å². The first-order chi connectivity index (χ1) is 11.7. The molecule has 0 radical (unpaired) electrons. The van der Waals surface area contributed by atoms with Crippen molar-refractivity contribution in [3.63, 3.8) is 0 Å². The van der Waals surface area contributed by atoms with Crippen molar-refractivity contribution in [3.05, 3.63) is 58.4 Å². The maximum atomic E-state index is 13.1. The van der Waals surface area contributed by atoms with Crippen LogP contribution in [0.15, 0.2) is 30.5 Å². The lowest BCUT2D eigenvalue weighted by Crippen LogP contribution is -2.18. The van der Waals surface area contributed by atoms with E-state index in [0.29, 0.717) is 11.6 Å². The Labute approximate surface area is 146 Å². The smallest absolute Gasteiger partial charge is 0.281 e. The van der Waals surface area contributed by atoms with E-state index in [2.05, 4.69) is 38.0 Å².